The minimum atomic E-state index is -0.0592. The lowest BCUT2D eigenvalue weighted by atomic mass is 10.0. The van der Waals surface area contributed by atoms with Crippen molar-refractivity contribution in [2.45, 2.75) is 39.7 Å². The molecule has 1 N–H and O–H groups in total. The van der Waals surface area contributed by atoms with Gasteiger partial charge in [0.25, 0.3) is 0 Å². The monoisotopic (exact) mass is 376 g/mol. The fourth-order valence-electron chi connectivity index (χ4n) is 3.45. The van der Waals surface area contributed by atoms with Crippen LogP contribution in [0, 0.1) is 5.92 Å². The summed E-state index contributed by atoms with van der Waals surface area (Å²) in [6, 6.07) is 5.52. The van der Waals surface area contributed by atoms with Crippen molar-refractivity contribution in [2.24, 2.45) is 5.92 Å². The molecular weight excluding hydrogens is 344 g/mol. The molecule has 0 spiro atoms. The highest BCUT2D eigenvalue weighted by Crippen LogP contribution is 2.21. The molecule has 6 heteroatoms. The number of Topliss-reactive ketones (excluding diaryl/α,β-unsaturated/α-hetero) is 1. The highest BCUT2D eigenvalue weighted by molar-refractivity contribution is 5.94. The van der Waals surface area contributed by atoms with Gasteiger partial charge in [0.15, 0.2) is 5.78 Å². The Morgan fingerprint density at radius 1 is 1.26 bits per heavy atom. The van der Waals surface area contributed by atoms with Gasteiger partial charge < -0.3 is 14.8 Å². The van der Waals surface area contributed by atoms with Gasteiger partial charge in [-0.25, -0.2) is 0 Å². The number of ether oxygens (including phenoxy) is 2. The number of nitrogens with zero attached hydrogens (tertiary/aromatic N) is 1. The molecule has 1 atom stereocenters. The van der Waals surface area contributed by atoms with E-state index in [9.17, 15) is 9.59 Å². The molecule has 1 aromatic rings. The van der Waals surface area contributed by atoms with Crippen molar-refractivity contribution in [1.82, 2.24) is 10.2 Å². The number of hydrogen-bond donors (Lipinski definition) is 1. The van der Waals surface area contributed by atoms with E-state index in [0.29, 0.717) is 29.8 Å². The van der Waals surface area contributed by atoms with E-state index in [0.717, 1.165) is 38.3 Å². The maximum absolute atomic E-state index is 12.5. The minimum Gasteiger partial charge on any atom is -0.496 e. The largest absolute Gasteiger partial charge is 0.496 e. The van der Waals surface area contributed by atoms with Crippen molar-refractivity contribution in [1.29, 1.82) is 0 Å². The first kappa shape index (κ1) is 21.4. The van der Waals surface area contributed by atoms with Crippen LogP contribution in [0.2, 0.25) is 0 Å². The number of amides is 1. The molecule has 1 aliphatic rings. The number of benzene rings is 1. The fourth-order valence-corrected chi connectivity index (χ4v) is 3.45. The number of rotatable bonds is 9. The summed E-state index contributed by atoms with van der Waals surface area (Å²) < 4.78 is 10.8. The van der Waals surface area contributed by atoms with Gasteiger partial charge in [0.1, 0.15) is 5.75 Å². The van der Waals surface area contributed by atoms with Gasteiger partial charge >= 0.3 is 0 Å². The van der Waals surface area contributed by atoms with Gasteiger partial charge in [-0.05, 0) is 37.5 Å². The lowest BCUT2D eigenvalue weighted by molar-refractivity contribution is -0.120. The predicted octanol–water partition coefficient (Wildman–Crippen LogP) is 2.30. The second kappa shape index (κ2) is 10.4. The SMILES string of the molecule is COc1ccc(C(C)=O)cc1CC(=O)NCC(CC(C)C)N1CCOCC1. The number of methoxy groups -OCH3 is 1. The van der Waals surface area contributed by atoms with E-state index in [-0.39, 0.29) is 18.1 Å². The summed E-state index contributed by atoms with van der Waals surface area (Å²) in [6.07, 6.45) is 1.23. The molecule has 0 radical (unpaired) electrons. The molecule has 1 heterocycles. The van der Waals surface area contributed by atoms with Crippen molar-refractivity contribution in [2.75, 3.05) is 40.0 Å². The van der Waals surface area contributed by atoms with E-state index in [2.05, 4.69) is 24.1 Å². The molecule has 2 rings (SSSR count). The summed E-state index contributed by atoms with van der Waals surface area (Å²) in [4.78, 5) is 26.6. The van der Waals surface area contributed by atoms with Crippen LogP contribution >= 0.6 is 0 Å². The second-order valence-electron chi connectivity index (χ2n) is 7.50. The summed E-state index contributed by atoms with van der Waals surface area (Å²) >= 11 is 0. The number of carbonyl (C=O) groups excluding carboxylic acids is 2. The first-order valence-corrected chi connectivity index (χ1v) is 9.67. The normalized spacial score (nSPS) is 16.2. The lowest BCUT2D eigenvalue weighted by Crippen LogP contribution is -2.49. The maximum atomic E-state index is 12.5. The van der Waals surface area contributed by atoms with Gasteiger partial charge in [-0.1, -0.05) is 13.8 Å². The Balaban J connectivity index is 1.98. The Hall–Kier alpha value is -1.92. The van der Waals surface area contributed by atoms with E-state index in [4.69, 9.17) is 9.47 Å². The Kier molecular flexibility index (Phi) is 8.25. The highest BCUT2D eigenvalue weighted by atomic mass is 16.5. The predicted molar refractivity (Wildman–Crippen MR) is 105 cm³/mol. The van der Waals surface area contributed by atoms with Gasteiger partial charge in [0.2, 0.25) is 5.91 Å². The number of ketones is 1. The molecule has 6 nitrogen and oxygen atoms in total. The molecule has 1 amide bonds. The number of nitrogens with one attached hydrogen (secondary N) is 1. The highest BCUT2D eigenvalue weighted by Gasteiger charge is 2.22. The standard InChI is InChI=1S/C21H32N2O4/c1-15(2)11-19(23-7-9-27-10-8-23)14-22-21(25)13-18-12-17(16(3)24)5-6-20(18)26-4/h5-6,12,15,19H,7-11,13-14H2,1-4H3,(H,22,25). The van der Waals surface area contributed by atoms with E-state index in [1.165, 1.54) is 6.92 Å². The molecule has 150 valence electrons. The Labute approximate surface area is 162 Å². The van der Waals surface area contributed by atoms with Crippen LogP contribution in [0.5, 0.6) is 5.75 Å². The Morgan fingerprint density at radius 2 is 1.96 bits per heavy atom. The third kappa shape index (κ3) is 6.63. The van der Waals surface area contributed by atoms with Gasteiger partial charge in [0.05, 0.1) is 26.7 Å². The molecule has 0 bridgehead atoms. The van der Waals surface area contributed by atoms with Crippen molar-refractivity contribution in [3.05, 3.63) is 29.3 Å². The van der Waals surface area contributed by atoms with Crippen molar-refractivity contribution < 1.29 is 19.1 Å². The summed E-state index contributed by atoms with van der Waals surface area (Å²) in [5, 5.41) is 3.07. The number of hydrogen-bond acceptors (Lipinski definition) is 5. The minimum absolute atomic E-state index is 0.0244. The third-order valence-corrected chi connectivity index (χ3v) is 4.88. The Bertz CT molecular complexity index is 639. The molecule has 0 aromatic heterocycles. The molecule has 0 saturated carbocycles. The molecule has 1 unspecified atom stereocenters. The van der Waals surface area contributed by atoms with Crippen LogP contribution in [-0.4, -0.2) is 62.6 Å². The van der Waals surface area contributed by atoms with Crippen molar-refractivity contribution >= 4 is 11.7 Å². The lowest BCUT2D eigenvalue weighted by Gasteiger charge is -2.35. The van der Waals surface area contributed by atoms with E-state index >= 15 is 0 Å². The van der Waals surface area contributed by atoms with Crippen LogP contribution in [0.3, 0.4) is 0 Å². The molecular formula is C21H32N2O4. The van der Waals surface area contributed by atoms with Crippen LogP contribution in [0.4, 0.5) is 0 Å². The number of carbonyl (C=O) groups is 2. The van der Waals surface area contributed by atoms with E-state index < -0.39 is 0 Å². The van der Waals surface area contributed by atoms with Crippen LogP contribution in [0.1, 0.15) is 43.1 Å². The van der Waals surface area contributed by atoms with Gasteiger partial charge in [-0.2, -0.15) is 0 Å². The van der Waals surface area contributed by atoms with E-state index in [1.54, 1.807) is 25.3 Å². The van der Waals surface area contributed by atoms with Crippen molar-refractivity contribution in [3.8, 4) is 5.75 Å². The zero-order valence-electron chi connectivity index (χ0n) is 16.9. The number of morpholine rings is 1. The topological polar surface area (TPSA) is 67.9 Å². The van der Waals surface area contributed by atoms with Gasteiger partial charge in [-0.3, -0.25) is 14.5 Å². The van der Waals surface area contributed by atoms with Crippen LogP contribution in [0.15, 0.2) is 18.2 Å². The maximum Gasteiger partial charge on any atom is 0.224 e. The molecule has 1 saturated heterocycles. The summed E-state index contributed by atoms with van der Waals surface area (Å²) in [5.41, 5.74) is 1.32. The quantitative estimate of drug-likeness (QED) is 0.670. The summed E-state index contributed by atoms with van der Waals surface area (Å²) in [7, 11) is 1.57. The fraction of sp³-hybridized carbons (Fsp3) is 0.619. The van der Waals surface area contributed by atoms with Gasteiger partial charge in [-0.15, -0.1) is 0 Å². The van der Waals surface area contributed by atoms with E-state index in [1.807, 2.05) is 0 Å². The Morgan fingerprint density at radius 3 is 2.56 bits per heavy atom. The molecule has 27 heavy (non-hydrogen) atoms. The molecule has 1 aliphatic heterocycles. The first-order chi connectivity index (χ1) is 12.9. The summed E-state index contributed by atoms with van der Waals surface area (Å²) in [5.74, 6) is 1.10. The van der Waals surface area contributed by atoms with Crippen LogP contribution in [-0.2, 0) is 16.0 Å². The van der Waals surface area contributed by atoms with Crippen LogP contribution in [0.25, 0.3) is 0 Å². The molecule has 1 fully saturated rings. The van der Waals surface area contributed by atoms with Gasteiger partial charge in [0, 0.05) is 36.8 Å². The average Bonchev–Trinajstić information content (AvgIpc) is 2.65. The van der Waals surface area contributed by atoms with Crippen LogP contribution < -0.4 is 10.1 Å². The third-order valence-electron chi connectivity index (χ3n) is 4.88. The van der Waals surface area contributed by atoms with Crippen molar-refractivity contribution in [3.63, 3.8) is 0 Å². The smallest absolute Gasteiger partial charge is 0.224 e. The summed E-state index contributed by atoms with van der Waals surface area (Å²) in [6.45, 7) is 9.84. The molecule has 1 aromatic carbocycles. The average molecular weight is 376 g/mol. The first-order valence-electron chi connectivity index (χ1n) is 9.67. The molecule has 0 aliphatic carbocycles. The second-order valence-corrected chi connectivity index (χ2v) is 7.50. The zero-order chi connectivity index (χ0) is 19.8. The zero-order valence-corrected chi connectivity index (χ0v) is 16.9.